The zero-order valence-corrected chi connectivity index (χ0v) is 14.7. The van der Waals surface area contributed by atoms with Crippen LogP contribution in [0.1, 0.15) is 35.0 Å². The molecule has 1 aromatic carbocycles. The second-order valence-electron chi connectivity index (χ2n) is 6.06. The maximum atomic E-state index is 12.2. The van der Waals surface area contributed by atoms with Crippen molar-refractivity contribution in [3.8, 4) is 11.5 Å². The zero-order chi connectivity index (χ0) is 17.6. The molecule has 1 amide bonds. The number of likely N-dealkylation sites (tertiary alicyclic amines) is 1. The molecule has 1 aliphatic rings. The fourth-order valence-electron chi connectivity index (χ4n) is 3.26. The Hall–Kier alpha value is -2.47. The zero-order valence-electron chi connectivity index (χ0n) is 14.7. The summed E-state index contributed by atoms with van der Waals surface area (Å²) in [5.41, 5.74) is 1.10. The predicted molar refractivity (Wildman–Crippen MR) is 94.1 cm³/mol. The molecule has 1 aromatic heterocycles. The lowest BCUT2D eigenvalue weighted by Crippen LogP contribution is -2.36. The quantitative estimate of drug-likeness (QED) is 0.837. The fourth-order valence-corrected chi connectivity index (χ4v) is 3.26. The Morgan fingerprint density at radius 1 is 1.20 bits per heavy atom. The predicted octanol–water partition coefficient (Wildman–Crippen LogP) is 2.86. The summed E-state index contributed by atoms with van der Waals surface area (Å²) < 4.78 is 15.9. The molecule has 0 saturated carbocycles. The van der Waals surface area contributed by atoms with Crippen LogP contribution in [-0.4, -0.2) is 44.7 Å². The molecular weight excluding hydrogens is 320 g/mol. The third-order valence-electron chi connectivity index (χ3n) is 4.57. The molecule has 2 heterocycles. The van der Waals surface area contributed by atoms with Gasteiger partial charge in [0.1, 0.15) is 0 Å². The van der Waals surface area contributed by atoms with Gasteiger partial charge in [0.2, 0.25) is 0 Å². The molecule has 1 N–H and O–H groups in total. The van der Waals surface area contributed by atoms with E-state index in [9.17, 15) is 4.79 Å². The summed E-state index contributed by atoms with van der Waals surface area (Å²) in [5.74, 6) is 1.52. The maximum Gasteiger partial charge on any atom is 0.287 e. The molecule has 25 heavy (non-hydrogen) atoms. The Morgan fingerprint density at radius 2 is 1.96 bits per heavy atom. The summed E-state index contributed by atoms with van der Waals surface area (Å²) in [4.78, 5) is 14.6. The molecule has 6 nitrogen and oxygen atoms in total. The summed E-state index contributed by atoms with van der Waals surface area (Å²) >= 11 is 0. The van der Waals surface area contributed by atoms with E-state index in [0.717, 1.165) is 18.7 Å². The number of rotatable bonds is 7. The van der Waals surface area contributed by atoms with Crippen molar-refractivity contribution < 1.29 is 18.7 Å². The van der Waals surface area contributed by atoms with Gasteiger partial charge in [-0.3, -0.25) is 9.69 Å². The molecule has 0 spiro atoms. The summed E-state index contributed by atoms with van der Waals surface area (Å²) in [6.07, 6.45) is 3.85. The number of methoxy groups -OCH3 is 2. The van der Waals surface area contributed by atoms with Crippen LogP contribution in [0.3, 0.4) is 0 Å². The first kappa shape index (κ1) is 17.4. The van der Waals surface area contributed by atoms with Gasteiger partial charge in [0.25, 0.3) is 5.91 Å². The fraction of sp³-hybridized carbons (Fsp3) is 0.421. The van der Waals surface area contributed by atoms with Crippen LogP contribution in [0.25, 0.3) is 0 Å². The van der Waals surface area contributed by atoms with Gasteiger partial charge in [-0.05, 0) is 55.8 Å². The highest BCUT2D eigenvalue weighted by Gasteiger charge is 2.25. The SMILES string of the molecule is COc1ccc(C(CNC(=O)c2ccco2)N2CCCC2)cc1OC. The van der Waals surface area contributed by atoms with Crippen molar-refractivity contribution in [3.63, 3.8) is 0 Å². The summed E-state index contributed by atoms with van der Waals surface area (Å²) in [6, 6.07) is 9.38. The first-order valence-electron chi connectivity index (χ1n) is 8.50. The molecule has 0 aliphatic carbocycles. The number of nitrogens with one attached hydrogen (secondary N) is 1. The van der Waals surface area contributed by atoms with Crippen LogP contribution < -0.4 is 14.8 Å². The van der Waals surface area contributed by atoms with Crippen LogP contribution >= 0.6 is 0 Å². The van der Waals surface area contributed by atoms with Crippen molar-refractivity contribution in [2.24, 2.45) is 0 Å². The molecule has 0 radical (unpaired) electrons. The van der Waals surface area contributed by atoms with Gasteiger partial charge in [0.15, 0.2) is 17.3 Å². The summed E-state index contributed by atoms with van der Waals surface area (Å²) in [6.45, 7) is 2.56. The smallest absolute Gasteiger partial charge is 0.287 e. The van der Waals surface area contributed by atoms with E-state index in [1.54, 1.807) is 26.4 Å². The van der Waals surface area contributed by atoms with Gasteiger partial charge in [-0.1, -0.05) is 6.07 Å². The van der Waals surface area contributed by atoms with Crippen LogP contribution in [-0.2, 0) is 0 Å². The Bertz CT molecular complexity index is 693. The Morgan fingerprint density at radius 3 is 2.60 bits per heavy atom. The van der Waals surface area contributed by atoms with Crippen LogP contribution in [0.15, 0.2) is 41.0 Å². The molecule has 134 valence electrons. The van der Waals surface area contributed by atoms with Gasteiger partial charge < -0.3 is 19.2 Å². The molecule has 0 bridgehead atoms. The minimum absolute atomic E-state index is 0.0845. The van der Waals surface area contributed by atoms with E-state index in [-0.39, 0.29) is 11.9 Å². The van der Waals surface area contributed by atoms with Gasteiger partial charge in [-0.2, -0.15) is 0 Å². The van der Waals surface area contributed by atoms with Crippen molar-refractivity contribution >= 4 is 5.91 Å². The number of hydrogen-bond donors (Lipinski definition) is 1. The molecule has 3 rings (SSSR count). The van der Waals surface area contributed by atoms with E-state index < -0.39 is 0 Å². The average molecular weight is 344 g/mol. The van der Waals surface area contributed by atoms with Crippen molar-refractivity contribution in [1.29, 1.82) is 0 Å². The molecule has 1 atom stereocenters. The number of carbonyl (C=O) groups excluding carboxylic acids is 1. The maximum absolute atomic E-state index is 12.2. The minimum Gasteiger partial charge on any atom is -0.493 e. The second kappa shape index (κ2) is 8.07. The lowest BCUT2D eigenvalue weighted by Gasteiger charge is -2.28. The number of nitrogens with zero attached hydrogens (tertiary/aromatic N) is 1. The number of amides is 1. The molecular formula is C19H24N2O4. The van der Waals surface area contributed by atoms with Crippen molar-refractivity contribution in [3.05, 3.63) is 47.9 Å². The van der Waals surface area contributed by atoms with E-state index >= 15 is 0 Å². The normalized spacial score (nSPS) is 15.8. The third-order valence-corrected chi connectivity index (χ3v) is 4.57. The van der Waals surface area contributed by atoms with Gasteiger partial charge in [0, 0.05) is 6.54 Å². The molecule has 2 aromatic rings. The number of benzene rings is 1. The van der Waals surface area contributed by atoms with Gasteiger partial charge in [0.05, 0.1) is 26.5 Å². The largest absolute Gasteiger partial charge is 0.493 e. The molecule has 6 heteroatoms. The van der Waals surface area contributed by atoms with E-state index in [1.165, 1.54) is 19.1 Å². The average Bonchev–Trinajstić information content (AvgIpc) is 3.35. The third kappa shape index (κ3) is 3.96. The molecule has 1 saturated heterocycles. The van der Waals surface area contributed by atoms with E-state index in [1.807, 2.05) is 18.2 Å². The minimum atomic E-state index is -0.199. The molecule has 1 unspecified atom stereocenters. The number of furan rings is 1. The van der Waals surface area contributed by atoms with Gasteiger partial charge in [-0.15, -0.1) is 0 Å². The Balaban J connectivity index is 1.78. The van der Waals surface area contributed by atoms with Gasteiger partial charge >= 0.3 is 0 Å². The lowest BCUT2D eigenvalue weighted by atomic mass is 10.0. The van der Waals surface area contributed by atoms with Crippen LogP contribution in [0, 0.1) is 0 Å². The first-order valence-corrected chi connectivity index (χ1v) is 8.50. The summed E-state index contributed by atoms with van der Waals surface area (Å²) in [5, 5.41) is 2.98. The Labute approximate surface area is 147 Å². The highest BCUT2D eigenvalue weighted by atomic mass is 16.5. The van der Waals surface area contributed by atoms with Crippen LogP contribution in [0.4, 0.5) is 0 Å². The van der Waals surface area contributed by atoms with Gasteiger partial charge in [-0.25, -0.2) is 0 Å². The van der Waals surface area contributed by atoms with Crippen LogP contribution in [0.5, 0.6) is 11.5 Å². The summed E-state index contributed by atoms with van der Waals surface area (Å²) in [7, 11) is 3.25. The van der Waals surface area contributed by atoms with Crippen molar-refractivity contribution in [2.45, 2.75) is 18.9 Å². The van der Waals surface area contributed by atoms with Crippen molar-refractivity contribution in [2.75, 3.05) is 33.9 Å². The van der Waals surface area contributed by atoms with Crippen molar-refractivity contribution in [1.82, 2.24) is 10.2 Å². The second-order valence-corrected chi connectivity index (χ2v) is 6.06. The number of ether oxygens (including phenoxy) is 2. The molecule has 1 fully saturated rings. The first-order chi connectivity index (χ1) is 12.2. The van der Waals surface area contributed by atoms with E-state index in [4.69, 9.17) is 13.9 Å². The monoisotopic (exact) mass is 344 g/mol. The lowest BCUT2D eigenvalue weighted by molar-refractivity contribution is 0.0910. The topological polar surface area (TPSA) is 63.9 Å². The highest BCUT2D eigenvalue weighted by Crippen LogP contribution is 2.33. The number of hydrogen-bond acceptors (Lipinski definition) is 5. The van der Waals surface area contributed by atoms with E-state index in [2.05, 4.69) is 10.2 Å². The Kier molecular flexibility index (Phi) is 5.60. The highest BCUT2D eigenvalue weighted by molar-refractivity contribution is 5.91. The molecule has 1 aliphatic heterocycles. The van der Waals surface area contributed by atoms with Crippen LogP contribution in [0.2, 0.25) is 0 Å². The van der Waals surface area contributed by atoms with E-state index in [0.29, 0.717) is 23.8 Å². The number of carbonyl (C=O) groups is 1. The standard InChI is InChI=1S/C19H24N2O4/c1-23-16-8-7-14(12-18(16)24-2)15(21-9-3-4-10-21)13-20-19(22)17-6-5-11-25-17/h5-8,11-12,15H,3-4,9-10,13H2,1-2H3,(H,20,22).